The zero-order chi connectivity index (χ0) is 11.9. The summed E-state index contributed by atoms with van der Waals surface area (Å²) in [6.07, 6.45) is -3.91. The predicted octanol–water partition coefficient (Wildman–Crippen LogP) is 2.01. The first-order chi connectivity index (χ1) is 6.92. The first-order valence-corrected chi connectivity index (χ1v) is 4.19. The Morgan fingerprint density at radius 3 is 2.13 bits per heavy atom. The van der Waals surface area contributed by atoms with Crippen LogP contribution in [-0.2, 0) is 9.47 Å². The quantitative estimate of drug-likeness (QED) is 0.534. The van der Waals surface area contributed by atoms with E-state index in [1.165, 1.54) is 14.2 Å². The number of amidine groups is 1. The molecule has 0 bridgehead atoms. The second kappa shape index (κ2) is 6.26. The van der Waals surface area contributed by atoms with Crippen molar-refractivity contribution in [2.45, 2.75) is 19.5 Å². The maximum absolute atomic E-state index is 11.8. The Hall–Kier alpha value is -1.27. The van der Waals surface area contributed by atoms with Gasteiger partial charge in [-0.05, 0) is 0 Å². The van der Waals surface area contributed by atoms with Crippen LogP contribution in [0.2, 0.25) is 0 Å². The second-order valence-corrected chi connectivity index (χ2v) is 2.48. The summed E-state index contributed by atoms with van der Waals surface area (Å²) >= 11 is 0. The van der Waals surface area contributed by atoms with Crippen molar-refractivity contribution >= 4 is 11.9 Å². The van der Waals surface area contributed by atoms with Crippen LogP contribution >= 0.6 is 0 Å². The summed E-state index contributed by atoms with van der Waals surface area (Å²) < 4.78 is 44.8. The molecule has 0 aromatic carbocycles. The summed E-state index contributed by atoms with van der Waals surface area (Å²) in [7, 11) is 2.57. The van der Waals surface area contributed by atoms with E-state index in [0.717, 1.165) is 0 Å². The Kier molecular flexibility index (Phi) is 5.73. The lowest BCUT2D eigenvalue weighted by Crippen LogP contribution is -2.15. The number of aliphatic imine (C=N–C) groups is 2. The number of methoxy groups -OCH3 is 2. The highest BCUT2D eigenvalue weighted by Crippen LogP contribution is 2.14. The van der Waals surface area contributed by atoms with E-state index in [1.807, 2.05) is 0 Å². The normalized spacial score (nSPS) is 14.0. The molecule has 0 aliphatic rings. The summed E-state index contributed by atoms with van der Waals surface area (Å²) in [6, 6.07) is -0.342. The zero-order valence-corrected chi connectivity index (χ0v) is 8.76. The molecule has 0 heterocycles. The molecule has 7 heteroatoms. The van der Waals surface area contributed by atoms with Crippen molar-refractivity contribution in [2.24, 2.45) is 9.98 Å². The molecule has 0 saturated heterocycles. The largest absolute Gasteiger partial charge is 0.484 e. The van der Waals surface area contributed by atoms with E-state index in [-0.39, 0.29) is 11.9 Å². The maximum atomic E-state index is 11.8. The third-order valence-corrected chi connectivity index (χ3v) is 1.33. The molecule has 0 fully saturated rings. The smallest absolute Gasteiger partial charge is 0.408 e. The summed E-state index contributed by atoms with van der Waals surface area (Å²) in [5.41, 5.74) is 0. The summed E-state index contributed by atoms with van der Waals surface area (Å²) in [5, 5.41) is 0. The molecule has 88 valence electrons. The topological polar surface area (TPSA) is 43.2 Å². The molecular formula is C8H13F3N2O2. The zero-order valence-electron chi connectivity index (χ0n) is 8.76. The van der Waals surface area contributed by atoms with Crippen LogP contribution in [0.25, 0.3) is 0 Å². The Balaban J connectivity index is 4.55. The molecule has 0 saturated carbocycles. The van der Waals surface area contributed by atoms with E-state index in [1.54, 1.807) is 6.92 Å². The molecule has 0 aromatic heterocycles. The van der Waals surface area contributed by atoms with Crippen molar-refractivity contribution in [3.8, 4) is 0 Å². The van der Waals surface area contributed by atoms with Crippen molar-refractivity contribution in [2.75, 3.05) is 20.8 Å². The molecule has 0 unspecified atom stereocenters. The minimum atomic E-state index is -4.36. The van der Waals surface area contributed by atoms with Crippen molar-refractivity contribution in [1.82, 2.24) is 0 Å². The lowest BCUT2D eigenvalue weighted by atomic mass is 10.5. The van der Waals surface area contributed by atoms with Crippen LogP contribution in [-0.4, -0.2) is 38.9 Å². The molecule has 0 rings (SSSR count). The van der Waals surface area contributed by atoms with Gasteiger partial charge < -0.3 is 9.47 Å². The molecule has 4 nitrogen and oxygen atoms in total. The first-order valence-electron chi connectivity index (χ1n) is 4.19. The van der Waals surface area contributed by atoms with Gasteiger partial charge in [-0.15, -0.1) is 0 Å². The Morgan fingerprint density at radius 2 is 1.80 bits per heavy atom. The summed E-state index contributed by atoms with van der Waals surface area (Å²) in [5.74, 6) is 0.262. The van der Waals surface area contributed by atoms with Gasteiger partial charge in [-0.3, -0.25) is 0 Å². The van der Waals surface area contributed by atoms with Crippen molar-refractivity contribution in [1.29, 1.82) is 0 Å². The minimum absolute atomic E-state index is 0.262. The van der Waals surface area contributed by atoms with Gasteiger partial charge in [0.25, 0.3) is 0 Å². The van der Waals surface area contributed by atoms with E-state index in [0.29, 0.717) is 6.42 Å². The van der Waals surface area contributed by atoms with E-state index < -0.39 is 12.7 Å². The average Bonchev–Trinajstić information content (AvgIpc) is 2.17. The maximum Gasteiger partial charge on any atom is 0.408 e. The van der Waals surface area contributed by atoms with E-state index in [4.69, 9.17) is 4.74 Å². The van der Waals surface area contributed by atoms with Crippen molar-refractivity contribution in [3.05, 3.63) is 0 Å². The number of hydrogen-bond acceptors (Lipinski definition) is 3. The van der Waals surface area contributed by atoms with Gasteiger partial charge in [-0.25, -0.2) is 4.99 Å². The Labute approximate surface area is 85.8 Å². The molecule has 0 amide bonds. The molecular weight excluding hydrogens is 213 g/mol. The number of hydrogen-bond donors (Lipinski definition) is 0. The highest BCUT2D eigenvalue weighted by atomic mass is 19.4. The van der Waals surface area contributed by atoms with Crippen molar-refractivity contribution in [3.63, 3.8) is 0 Å². The van der Waals surface area contributed by atoms with E-state index in [9.17, 15) is 13.2 Å². The Morgan fingerprint density at radius 1 is 1.20 bits per heavy atom. The standard InChI is InChI=1S/C8H13F3N2O2/c1-4-6(14-2)13-7(15-3)12-5-8(9,10)11/h4-5H2,1-3H3/b12-7+,13-6+. The van der Waals surface area contributed by atoms with Gasteiger partial charge in [0.15, 0.2) is 5.90 Å². The molecule has 0 radical (unpaired) electrons. The molecule has 15 heavy (non-hydrogen) atoms. The third-order valence-electron chi connectivity index (χ3n) is 1.33. The fourth-order valence-electron chi connectivity index (χ4n) is 0.679. The number of rotatable bonds is 2. The summed E-state index contributed by atoms with van der Waals surface area (Å²) in [6.45, 7) is 0.430. The first kappa shape index (κ1) is 13.7. The lowest BCUT2D eigenvalue weighted by Gasteiger charge is -2.05. The number of ether oxygens (including phenoxy) is 2. The fraction of sp³-hybridized carbons (Fsp3) is 0.750. The molecule has 0 aliphatic heterocycles. The molecule has 0 atom stereocenters. The van der Waals surface area contributed by atoms with Gasteiger partial charge in [0.05, 0.1) is 14.2 Å². The van der Waals surface area contributed by atoms with Gasteiger partial charge in [-0.2, -0.15) is 18.2 Å². The average molecular weight is 226 g/mol. The van der Waals surface area contributed by atoms with Gasteiger partial charge in [0, 0.05) is 6.42 Å². The monoisotopic (exact) mass is 226 g/mol. The van der Waals surface area contributed by atoms with Crippen LogP contribution < -0.4 is 0 Å². The predicted molar refractivity (Wildman–Crippen MR) is 50.1 cm³/mol. The molecule has 0 aromatic rings. The Bertz CT molecular complexity index is 243. The number of halogens is 3. The second-order valence-electron chi connectivity index (χ2n) is 2.48. The fourth-order valence-corrected chi connectivity index (χ4v) is 0.679. The minimum Gasteiger partial charge on any atom is -0.484 e. The van der Waals surface area contributed by atoms with Crippen LogP contribution in [0.3, 0.4) is 0 Å². The van der Waals surface area contributed by atoms with Crippen LogP contribution in [0, 0.1) is 0 Å². The van der Waals surface area contributed by atoms with Crippen LogP contribution in [0.1, 0.15) is 13.3 Å². The van der Waals surface area contributed by atoms with Crippen molar-refractivity contribution < 1.29 is 22.6 Å². The van der Waals surface area contributed by atoms with E-state index in [2.05, 4.69) is 14.7 Å². The highest BCUT2D eigenvalue weighted by molar-refractivity contribution is 5.90. The van der Waals surface area contributed by atoms with Crippen LogP contribution in [0.4, 0.5) is 13.2 Å². The summed E-state index contributed by atoms with van der Waals surface area (Å²) in [4.78, 5) is 6.81. The SMILES string of the molecule is CC/C(=N\C(=N/CC(F)(F)F)OC)OC. The van der Waals surface area contributed by atoms with Crippen LogP contribution in [0.15, 0.2) is 9.98 Å². The molecule has 0 N–H and O–H groups in total. The van der Waals surface area contributed by atoms with Gasteiger partial charge in [0.2, 0.25) is 0 Å². The highest BCUT2D eigenvalue weighted by Gasteiger charge is 2.27. The molecule has 0 aliphatic carbocycles. The number of nitrogens with zero attached hydrogens (tertiary/aromatic N) is 2. The van der Waals surface area contributed by atoms with Gasteiger partial charge in [0.1, 0.15) is 6.54 Å². The molecule has 0 spiro atoms. The van der Waals surface area contributed by atoms with Gasteiger partial charge in [-0.1, -0.05) is 6.92 Å². The third kappa shape index (κ3) is 6.75. The van der Waals surface area contributed by atoms with E-state index >= 15 is 0 Å². The lowest BCUT2D eigenvalue weighted by molar-refractivity contribution is -0.118. The number of alkyl halides is 3. The van der Waals surface area contributed by atoms with Gasteiger partial charge >= 0.3 is 12.2 Å². The van der Waals surface area contributed by atoms with Crippen LogP contribution in [0.5, 0.6) is 0 Å².